The Labute approximate surface area is 169 Å². The maximum atomic E-state index is 12.9. The number of pyridine rings is 1. The molecule has 0 spiro atoms. The highest BCUT2D eigenvalue weighted by molar-refractivity contribution is 5.94. The van der Waals surface area contributed by atoms with E-state index in [4.69, 9.17) is 4.74 Å². The zero-order valence-electron chi connectivity index (χ0n) is 17.8. The molecule has 6 heteroatoms. The van der Waals surface area contributed by atoms with Gasteiger partial charge in [0, 0.05) is 52.6 Å². The molecule has 0 bridgehead atoms. The molecule has 0 saturated carbocycles. The fourth-order valence-electron chi connectivity index (χ4n) is 4.40. The molecule has 6 nitrogen and oxygen atoms in total. The van der Waals surface area contributed by atoms with Crippen LogP contribution in [0.3, 0.4) is 0 Å². The van der Waals surface area contributed by atoms with Gasteiger partial charge in [0.05, 0.1) is 12.2 Å². The Morgan fingerprint density at radius 3 is 2.75 bits per heavy atom. The first-order valence-electron chi connectivity index (χ1n) is 10.8. The minimum Gasteiger partial charge on any atom is -0.384 e. The number of ether oxygens (including phenoxy) is 1. The summed E-state index contributed by atoms with van der Waals surface area (Å²) in [6.45, 7) is 12.3. The van der Waals surface area contributed by atoms with E-state index in [0.29, 0.717) is 17.4 Å². The molecule has 1 amide bonds. The monoisotopic (exact) mass is 388 g/mol. The number of amides is 1. The highest BCUT2D eigenvalue weighted by atomic mass is 16.5. The molecule has 156 valence electrons. The van der Waals surface area contributed by atoms with E-state index in [1.54, 1.807) is 13.3 Å². The molecule has 2 aliphatic rings. The van der Waals surface area contributed by atoms with Gasteiger partial charge in [0.25, 0.3) is 5.91 Å². The van der Waals surface area contributed by atoms with Crippen molar-refractivity contribution in [2.45, 2.75) is 33.1 Å². The Morgan fingerprint density at radius 1 is 1.18 bits per heavy atom. The summed E-state index contributed by atoms with van der Waals surface area (Å²) in [5.74, 6) is 2.23. The summed E-state index contributed by atoms with van der Waals surface area (Å²) in [5, 5.41) is 0. The van der Waals surface area contributed by atoms with Crippen LogP contribution in [-0.4, -0.2) is 80.2 Å². The van der Waals surface area contributed by atoms with Gasteiger partial charge in [-0.05, 0) is 49.8 Å². The summed E-state index contributed by atoms with van der Waals surface area (Å²) < 4.78 is 5.28. The molecule has 28 heavy (non-hydrogen) atoms. The minimum absolute atomic E-state index is 0.0961. The van der Waals surface area contributed by atoms with Crippen molar-refractivity contribution in [2.75, 3.05) is 64.4 Å². The lowest BCUT2D eigenvalue weighted by Gasteiger charge is -2.32. The lowest BCUT2D eigenvalue weighted by Crippen LogP contribution is -2.41. The third-order valence-corrected chi connectivity index (χ3v) is 5.74. The zero-order chi connectivity index (χ0) is 19.9. The number of hydrogen-bond donors (Lipinski definition) is 0. The first-order chi connectivity index (χ1) is 13.6. The normalized spacial score (nSPS) is 21.8. The number of nitrogens with zero attached hydrogens (tertiary/aromatic N) is 4. The van der Waals surface area contributed by atoms with Gasteiger partial charge in [0.1, 0.15) is 5.82 Å². The Morgan fingerprint density at radius 2 is 2.04 bits per heavy atom. The summed E-state index contributed by atoms with van der Waals surface area (Å²) in [7, 11) is 1.73. The molecular formula is C22H36N4O2. The quantitative estimate of drug-likeness (QED) is 0.750. The second kappa shape index (κ2) is 10.2. The average Bonchev–Trinajstić information content (AvgIpc) is 2.93. The van der Waals surface area contributed by atoms with E-state index in [2.05, 4.69) is 28.6 Å². The third-order valence-electron chi connectivity index (χ3n) is 5.74. The molecule has 1 aromatic heterocycles. The Bertz CT molecular complexity index is 617. The van der Waals surface area contributed by atoms with E-state index >= 15 is 0 Å². The lowest BCUT2D eigenvalue weighted by atomic mass is 9.98. The standard InChI is InChI=1S/C22H36N4O2/c1-18(2)15-24-9-5-11-25(13-12-24)21-8-7-20(14-23-21)22(27)26-10-4-6-19(16-26)17-28-3/h7-8,14,18-19H,4-6,9-13,15-17H2,1-3H3/t19-/m1/s1. The van der Waals surface area contributed by atoms with E-state index in [-0.39, 0.29) is 5.91 Å². The Kier molecular flexibility index (Phi) is 7.68. The lowest BCUT2D eigenvalue weighted by molar-refractivity contribution is 0.0570. The summed E-state index contributed by atoms with van der Waals surface area (Å²) in [6, 6.07) is 3.96. The number of rotatable bonds is 6. The van der Waals surface area contributed by atoms with Gasteiger partial charge in [-0.15, -0.1) is 0 Å². The molecule has 2 aliphatic heterocycles. The zero-order valence-corrected chi connectivity index (χ0v) is 17.8. The van der Waals surface area contributed by atoms with Crippen LogP contribution in [0.2, 0.25) is 0 Å². The van der Waals surface area contributed by atoms with E-state index in [1.165, 1.54) is 0 Å². The summed E-state index contributed by atoms with van der Waals surface area (Å²) in [4.78, 5) is 24.4. The molecule has 0 N–H and O–H groups in total. The van der Waals surface area contributed by atoms with Crippen LogP contribution in [0.15, 0.2) is 18.3 Å². The number of hydrogen-bond acceptors (Lipinski definition) is 5. The van der Waals surface area contributed by atoms with E-state index in [0.717, 1.165) is 77.5 Å². The van der Waals surface area contributed by atoms with Gasteiger partial charge in [-0.3, -0.25) is 4.79 Å². The van der Waals surface area contributed by atoms with Gasteiger partial charge in [0.15, 0.2) is 0 Å². The van der Waals surface area contributed by atoms with Crippen molar-refractivity contribution in [3.8, 4) is 0 Å². The van der Waals surface area contributed by atoms with Crippen LogP contribution in [0.1, 0.15) is 43.5 Å². The van der Waals surface area contributed by atoms with Crippen molar-refractivity contribution in [3.05, 3.63) is 23.9 Å². The van der Waals surface area contributed by atoms with Gasteiger partial charge in [-0.1, -0.05) is 13.8 Å². The SMILES string of the molecule is COC[C@@H]1CCCN(C(=O)c2ccc(N3CCCN(CC(C)C)CC3)nc2)C1. The number of carbonyl (C=O) groups excluding carboxylic acids is 1. The molecule has 2 saturated heterocycles. The van der Waals surface area contributed by atoms with Crippen molar-refractivity contribution in [3.63, 3.8) is 0 Å². The molecule has 0 aromatic carbocycles. The third kappa shape index (κ3) is 5.67. The van der Waals surface area contributed by atoms with Crippen molar-refractivity contribution >= 4 is 11.7 Å². The highest BCUT2D eigenvalue weighted by Gasteiger charge is 2.25. The van der Waals surface area contributed by atoms with Gasteiger partial charge >= 0.3 is 0 Å². The largest absolute Gasteiger partial charge is 0.384 e. The molecule has 3 rings (SSSR count). The van der Waals surface area contributed by atoms with Crippen molar-refractivity contribution in [1.29, 1.82) is 0 Å². The highest BCUT2D eigenvalue weighted by Crippen LogP contribution is 2.20. The van der Waals surface area contributed by atoms with E-state index < -0.39 is 0 Å². The maximum absolute atomic E-state index is 12.9. The van der Waals surface area contributed by atoms with Crippen LogP contribution in [0, 0.1) is 11.8 Å². The number of carbonyl (C=O) groups is 1. The maximum Gasteiger partial charge on any atom is 0.255 e. The van der Waals surface area contributed by atoms with Crippen LogP contribution in [-0.2, 0) is 4.74 Å². The van der Waals surface area contributed by atoms with Gasteiger partial charge in [0.2, 0.25) is 0 Å². The number of anilines is 1. The predicted molar refractivity (Wildman–Crippen MR) is 113 cm³/mol. The molecular weight excluding hydrogens is 352 g/mol. The average molecular weight is 389 g/mol. The number of likely N-dealkylation sites (tertiary alicyclic amines) is 1. The molecule has 1 atom stereocenters. The fourth-order valence-corrected chi connectivity index (χ4v) is 4.40. The number of aromatic nitrogens is 1. The number of methoxy groups -OCH3 is 1. The van der Waals surface area contributed by atoms with Crippen LogP contribution in [0.4, 0.5) is 5.82 Å². The molecule has 2 fully saturated rings. The van der Waals surface area contributed by atoms with E-state index in [9.17, 15) is 4.79 Å². The second-order valence-corrected chi connectivity index (χ2v) is 8.65. The fraction of sp³-hybridized carbons (Fsp3) is 0.727. The first kappa shape index (κ1) is 21.1. The summed E-state index contributed by atoms with van der Waals surface area (Å²) in [5.41, 5.74) is 0.693. The Balaban J connectivity index is 1.58. The first-order valence-corrected chi connectivity index (χ1v) is 10.8. The van der Waals surface area contributed by atoms with E-state index in [1.807, 2.05) is 17.0 Å². The summed E-state index contributed by atoms with van der Waals surface area (Å²) in [6.07, 6.45) is 5.10. The molecule has 3 heterocycles. The van der Waals surface area contributed by atoms with Gasteiger partial charge in [-0.2, -0.15) is 0 Å². The molecule has 1 aromatic rings. The van der Waals surface area contributed by atoms with Crippen molar-refractivity contribution < 1.29 is 9.53 Å². The molecule has 0 unspecified atom stereocenters. The van der Waals surface area contributed by atoms with Crippen LogP contribution >= 0.6 is 0 Å². The van der Waals surface area contributed by atoms with Crippen molar-refractivity contribution in [2.24, 2.45) is 11.8 Å². The summed E-state index contributed by atoms with van der Waals surface area (Å²) >= 11 is 0. The van der Waals surface area contributed by atoms with Crippen LogP contribution in [0.5, 0.6) is 0 Å². The predicted octanol–water partition coefficient (Wildman–Crippen LogP) is 2.75. The van der Waals surface area contributed by atoms with Gasteiger partial charge < -0.3 is 19.4 Å². The molecule has 0 aliphatic carbocycles. The number of piperidine rings is 1. The van der Waals surface area contributed by atoms with Crippen LogP contribution in [0.25, 0.3) is 0 Å². The van der Waals surface area contributed by atoms with Crippen LogP contribution < -0.4 is 4.90 Å². The second-order valence-electron chi connectivity index (χ2n) is 8.65. The Hall–Kier alpha value is -1.66. The van der Waals surface area contributed by atoms with Crippen molar-refractivity contribution in [1.82, 2.24) is 14.8 Å². The topological polar surface area (TPSA) is 48.9 Å². The van der Waals surface area contributed by atoms with Gasteiger partial charge in [-0.25, -0.2) is 4.98 Å². The smallest absolute Gasteiger partial charge is 0.255 e. The molecule has 0 radical (unpaired) electrons. The minimum atomic E-state index is 0.0961.